The van der Waals surface area contributed by atoms with Crippen LogP contribution in [0.25, 0.3) is 0 Å². The van der Waals surface area contributed by atoms with Crippen LogP contribution in [0.5, 0.6) is 0 Å². The predicted octanol–water partition coefficient (Wildman–Crippen LogP) is 0.631. The Morgan fingerprint density at radius 2 is 2.00 bits per heavy atom. The van der Waals surface area contributed by atoms with Gasteiger partial charge in [-0.1, -0.05) is 12.8 Å². The number of piperidine rings is 1. The number of hydrogen-bond acceptors (Lipinski definition) is 3. The molecule has 0 radical (unpaired) electrons. The molecule has 4 nitrogen and oxygen atoms in total. The zero-order valence-electron chi connectivity index (χ0n) is 9.82. The second kappa shape index (κ2) is 4.72. The van der Waals surface area contributed by atoms with Crippen molar-refractivity contribution in [2.24, 2.45) is 5.73 Å². The number of likely N-dealkylation sites (tertiary alicyclic amines) is 1. The molecule has 4 heteroatoms. The van der Waals surface area contributed by atoms with Gasteiger partial charge in [0.05, 0.1) is 18.2 Å². The molecule has 0 aromatic carbocycles. The summed E-state index contributed by atoms with van der Waals surface area (Å²) in [4.78, 5) is 14.2. The van der Waals surface area contributed by atoms with E-state index >= 15 is 0 Å². The molecule has 2 aliphatic rings. The zero-order valence-corrected chi connectivity index (χ0v) is 9.82. The first-order valence-corrected chi connectivity index (χ1v) is 6.38. The molecule has 3 N–H and O–H groups in total. The normalized spacial score (nSPS) is 29.4. The van der Waals surface area contributed by atoms with E-state index in [-0.39, 0.29) is 18.6 Å². The van der Waals surface area contributed by atoms with Crippen molar-refractivity contribution in [3.63, 3.8) is 0 Å². The van der Waals surface area contributed by atoms with Gasteiger partial charge < -0.3 is 15.7 Å². The van der Waals surface area contributed by atoms with Crippen LogP contribution >= 0.6 is 0 Å². The van der Waals surface area contributed by atoms with Crippen LogP contribution in [0.4, 0.5) is 0 Å². The number of rotatable bonds is 2. The molecule has 0 spiro atoms. The number of nitrogens with two attached hydrogens (primary N) is 1. The van der Waals surface area contributed by atoms with Crippen molar-refractivity contribution in [1.29, 1.82) is 0 Å². The van der Waals surface area contributed by atoms with E-state index in [0.29, 0.717) is 0 Å². The van der Waals surface area contributed by atoms with Crippen molar-refractivity contribution in [3.05, 3.63) is 0 Å². The van der Waals surface area contributed by atoms with Crippen molar-refractivity contribution < 1.29 is 9.90 Å². The van der Waals surface area contributed by atoms with Gasteiger partial charge in [0.15, 0.2) is 0 Å². The summed E-state index contributed by atoms with van der Waals surface area (Å²) in [7, 11) is 0. The van der Waals surface area contributed by atoms with Crippen molar-refractivity contribution in [2.75, 3.05) is 13.2 Å². The number of carbonyl (C=O) groups is 1. The Bertz CT molecular complexity index is 262. The number of nitrogens with zero attached hydrogens (tertiary/aromatic N) is 1. The van der Waals surface area contributed by atoms with Crippen LogP contribution in [-0.4, -0.2) is 40.6 Å². The summed E-state index contributed by atoms with van der Waals surface area (Å²) >= 11 is 0. The highest BCUT2D eigenvalue weighted by atomic mass is 16.3. The molecule has 1 saturated heterocycles. The van der Waals surface area contributed by atoms with Gasteiger partial charge in [0.1, 0.15) is 0 Å². The Balaban J connectivity index is 2.07. The largest absolute Gasteiger partial charge is 0.394 e. The second-order valence-electron chi connectivity index (χ2n) is 5.19. The highest BCUT2D eigenvalue weighted by Gasteiger charge is 2.42. The Kier molecular flexibility index (Phi) is 3.50. The maximum Gasteiger partial charge on any atom is 0.242 e. The lowest BCUT2D eigenvalue weighted by Crippen LogP contribution is -2.58. The fraction of sp³-hybridized carbons (Fsp3) is 0.917. The van der Waals surface area contributed by atoms with Crippen LogP contribution in [0, 0.1) is 0 Å². The smallest absolute Gasteiger partial charge is 0.242 e. The number of aliphatic hydroxyl groups is 1. The van der Waals surface area contributed by atoms with Gasteiger partial charge in [0, 0.05) is 6.54 Å². The maximum absolute atomic E-state index is 12.4. The van der Waals surface area contributed by atoms with E-state index in [9.17, 15) is 9.90 Å². The maximum atomic E-state index is 12.4. The summed E-state index contributed by atoms with van der Waals surface area (Å²) in [5.41, 5.74) is 5.54. The minimum absolute atomic E-state index is 0.00211. The Morgan fingerprint density at radius 1 is 1.31 bits per heavy atom. The molecule has 1 amide bonds. The number of aliphatic hydroxyl groups excluding tert-OH is 1. The van der Waals surface area contributed by atoms with Gasteiger partial charge in [-0.3, -0.25) is 4.79 Å². The third-order valence-electron chi connectivity index (χ3n) is 4.02. The molecule has 16 heavy (non-hydrogen) atoms. The monoisotopic (exact) mass is 226 g/mol. The minimum Gasteiger partial charge on any atom is -0.394 e. The van der Waals surface area contributed by atoms with Crippen LogP contribution in [0.2, 0.25) is 0 Å². The SMILES string of the molecule is NC1(C(=O)N2CCCCC2CO)CCCC1. The molecule has 1 aliphatic heterocycles. The van der Waals surface area contributed by atoms with Crippen LogP contribution in [-0.2, 0) is 4.79 Å². The number of hydrogen-bond donors (Lipinski definition) is 2. The minimum atomic E-state index is -0.634. The lowest BCUT2D eigenvalue weighted by Gasteiger charge is -2.39. The molecule has 1 atom stereocenters. The zero-order chi connectivity index (χ0) is 11.6. The van der Waals surface area contributed by atoms with Gasteiger partial charge in [-0.05, 0) is 32.1 Å². The molecule has 1 unspecified atom stereocenters. The van der Waals surface area contributed by atoms with Crippen LogP contribution in [0.3, 0.4) is 0 Å². The third kappa shape index (κ3) is 2.09. The standard InChI is InChI=1S/C12H22N2O2/c13-12(6-2-3-7-12)11(16)14-8-4-1-5-10(14)9-15/h10,15H,1-9,13H2. The Hall–Kier alpha value is -0.610. The molecular formula is C12H22N2O2. The fourth-order valence-corrected chi connectivity index (χ4v) is 2.96. The highest BCUT2D eigenvalue weighted by Crippen LogP contribution is 2.31. The quantitative estimate of drug-likeness (QED) is 0.726. The fourth-order valence-electron chi connectivity index (χ4n) is 2.96. The molecule has 0 bridgehead atoms. The van der Waals surface area contributed by atoms with Crippen molar-refractivity contribution in [2.45, 2.75) is 56.5 Å². The van der Waals surface area contributed by atoms with E-state index in [4.69, 9.17) is 5.73 Å². The molecule has 1 aliphatic carbocycles. The molecule has 1 saturated carbocycles. The summed E-state index contributed by atoms with van der Waals surface area (Å²) in [6, 6.07) is 0.00211. The lowest BCUT2D eigenvalue weighted by molar-refractivity contribution is -0.141. The first-order chi connectivity index (χ1) is 7.67. The Labute approximate surface area is 96.8 Å². The van der Waals surface area contributed by atoms with Gasteiger partial charge >= 0.3 is 0 Å². The molecule has 92 valence electrons. The molecular weight excluding hydrogens is 204 g/mol. The predicted molar refractivity (Wildman–Crippen MR) is 61.8 cm³/mol. The van der Waals surface area contributed by atoms with Crippen LogP contribution < -0.4 is 5.73 Å². The van der Waals surface area contributed by atoms with Crippen molar-refractivity contribution >= 4 is 5.91 Å². The first kappa shape index (κ1) is 11.9. The van der Waals surface area contributed by atoms with Crippen molar-refractivity contribution in [1.82, 2.24) is 4.90 Å². The van der Waals surface area contributed by atoms with Gasteiger partial charge in [-0.2, -0.15) is 0 Å². The van der Waals surface area contributed by atoms with Gasteiger partial charge in [0.2, 0.25) is 5.91 Å². The van der Waals surface area contributed by atoms with E-state index in [1.807, 2.05) is 4.90 Å². The van der Waals surface area contributed by atoms with E-state index in [1.54, 1.807) is 0 Å². The van der Waals surface area contributed by atoms with Gasteiger partial charge in [-0.25, -0.2) is 0 Å². The summed E-state index contributed by atoms with van der Waals surface area (Å²) < 4.78 is 0. The summed E-state index contributed by atoms with van der Waals surface area (Å²) in [5.74, 6) is 0.0729. The summed E-state index contributed by atoms with van der Waals surface area (Å²) in [6.07, 6.45) is 6.78. The third-order valence-corrected chi connectivity index (χ3v) is 4.02. The van der Waals surface area contributed by atoms with Gasteiger partial charge in [-0.15, -0.1) is 0 Å². The Morgan fingerprint density at radius 3 is 2.62 bits per heavy atom. The summed E-state index contributed by atoms with van der Waals surface area (Å²) in [6.45, 7) is 0.838. The average molecular weight is 226 g/mol. The van der Waals surface area contributed by atoms with Crippen molar-refractivity contribution in [3.8, 4) is 0 Å². The second-order valence-corrected chi connectivity index (χ2v) is 5.19. The van der Waals surface area contributed by atoms with E-state index < -0.39 is 5.54 Å². The molecule has 0 aromatic heterocycles. The van der Waals surface area contributed by atoms with Crippen LogP contribution in [0.1, 0.15) is 44.9 Å². The van der Waals surface area contributed by atoms with E-state index in [2.05, 4.69) is 0 Å². The number of amides is 1. The molecule has 2 fully saturated rings. The number of carbonyl (C=O) groups excluding carboxylic acids is 1. The molecule has 2 rings (SSSR count). The van der Waals surface area contributed by atoms with Gasteiger partial charge in [0.25, 0.3) is 0 Å². The molecule has 0 aromatic rings. The molecule has 1 heterocycles. The first-order valence-electron chi connectivity index (χ1n) is 6.38. The summed E-state index contributed by atoms with van der Waals surface area (Å²) in [5, 5.41) is 9.30. The average Bonchev–Trinajstić information content (AvgIpc) is 2.76. The van der Waals surface area contributed by atoms with E-state index in [0.717, 1.165) is 51.5 Å². The highest BCUT2D eigenvalue weighted by molar-refractivity contribution is 5.86. The van der Waals surface area contributed by atoms with Crippen LogP contribution in [0.15, 0.2) is 0 Å². The topological polar surface area (TPSA) is 66.6 Å². The lowest BCUT2D eigenvalue weighted by atomic mass is 9.93. The van der Waals surface area contributed by atoms with E-state index in [1.165, 1.54) is 0 Å².